The standard InChI is InChI=1S/C20H22N4O/c1-16-7-5-6-10-18(16)24-13-11-23(12-14-24)15-19-21-22-20(25-19)17-8-3-2-4-9-17/h2-10H,11-15H2,1H3. The average Bonchev–Trinajstić information content (AvgIpc) is 3.12. The van der Waals surface area contributed by atoms with Gasteiger partial charge in [-0.15, -0.1) is 10.2 Å². The summed E-state index contributed by atoms with van der Waals surface area (Å²) in [5, 5.41) is 8.38. The van der Waals surface area contributed by atoms with Crippen LogP contribution in [0, 0.1) is 6.92 Å². The minimum Gasteiger partial charge on any atom is -0.419 e. The molecule has 0 saturated carbocycles. The minimum atomic E-state index is 0.592. The van der Waals surface area contributed by atoms with Crippen LogP contribution in [0.15, 0.2) is 59.0 Å². The molecule has 2 heterocycles. The first-order valence-electron chi connectivity index (χ1n) is 8.70. The van der Waals surface area contributed by atoms with Gasteiger partial charge in [0, 0.05) is 37.4 Å². The number of piperazine rings is 1. The molecule has 1 aliphatic heterocycles. The van der Waals surface area contributed by atoms with Crippen LogP contribution in [0.5, 0.6) is 0 Å². The monoisotopic (exact) mass is 334 g/mol. The van der Waals surface area contributed by atoms with E-state index >= 15 is 0 Å². The number of hydrogen-bond donors (Lipinski definition) is 0. The molecule has 0 amide bonds. The number of aryl methyl sites for hydroxylation is 1. The van der Waals surface area contributed by atoms with Gasteiger partial charge in [-0.2, -0.15) is 0 Å². The molecule has 0 N–H and O–H groups in total. The number of para-hydroxylation sites is 1. The molecule has 0 aliphatic carbocycles. The summed E-state index contributed by atoms with van der Waals surface area (Å²) in [6, 6.07) is 18.5. The zero-order valence-electron chi connectivity index (χ0n) is 14.4. The third-order valence-corrected chi connectivity index (χ3v) is 4.67. The topological polar surface area (TPSA) is 45.4 Å². The molecule has 5 heteroatoms. The Bertz CT molecular complexity index is 822. The molecule has 1 aromatic heterocycles. The summed E-state index contributed by atoms with van der Waals surface area (Å²) in [4.78, 5) is 4.83. The lowest BCUT2D eigenvalue weighted by Crippen LogP contribution is -2.46. The maximum Gasteiger partial charge on any atom is 0.247 e. The first kappa shape index (κ1) is 15.8. The van der Waals surface area contributed by atoms with Crippen LogP contribution in [-0.2, 0) is 6.54 Å². The van der Waals surface area contributed by atoms with E-state index in [4.69, 9.17) is 4.42 Å². The molecule has 0 radical (unpaired) electrons. The first-order chi connectivity index (χ1) is 12.3. The Balaban J connectivity index is 1.36. The number of aromatic nitrogens is 2. The largest absolute Gasteiger partial charge is 0.419 e. The van der Waals surface area contributed by atoms with Crippen molar-refractivity contribution in [3.8, 4) is 11.5 Å². The van der Waals surface area contributed by atoms with E-state index in [0.717, 1.165) is 31.7 Å². The fraction of sp³-hybridized carbons (Fsp3) is 0.300. The lowest BCUT2D eigenvalue weighted by atomic mass is 10.1. The van der Waals surface area contributed by atoms with Gasteiger partial charge < -0.3 is 9.32 Å². The second-order valence-electron chi connectivity index (χ2n) is 6.42. The molecular weight excluding hydrogens is 312 g/mol. The zero-order valence-corrected chi connectivity index (χ0v) is 14.4. The second-order valence-corrected chi connectivity index (χ2v) is 6.42. The number of benzene rings is 2. The van der Waals surface area contributed by atoms with Crippen LogP contribution in [0.2, 0.25) is 0 Å². The molecule has 1 fully saturated rings. The van der Waals surface area contributed by atoms with E-state index in [0.29, 0.717) is 18.3 Å². The van der Waals surface area contributed by atoms with Crippen molar-refractivity contribution in [1.82, 2.24) is 15.1 Å². The molecule has 5 nitrogen and oxygen atoms in total. The highest BCUT2D eigenvalue weighted by Crippen LogP contribution is 2.22. The summed E-state index contributed by atoms with van der Waals surface area (Å²) in [7, 11) is 0. The van der Waals surface area contributed by atoms with E-state index in [1.54, 1.807) is 0 Å². The Hall–Kier alpha value is -2.66. The van der Waals surface area contributed by atoms with E-state index in [2.05, 4.69) is 51.2 Å². The molecule has 1 saturated heterocycles. The molecule has 4 rings (SSSR count). The summed E-state index contributed by atoms with van der Waals surface area (Å²) in [6.07, 6.45) is 0. The SMILES string of the molecule is Cc1ccccc1N1CCN(Cc2nnc(-c3ccccc3)o2)CC1. The number of hydrogen-bond acceptors (Lipinski definition) is 5. The third kappa shape index (κ3) is 3.56. The molecule has 0 spiro atoms. The van der Waals surface area contributed by atoms with Crippen molar-refractivity contribution in [2.75, 3.05) is 31.1 Å². The number of anilines is 1. The summed E-state index contributed by atoms with van der Waals surface area (Å²) in [5.74, 6) is 1.28. The molecule has 2 aromatic carbocycles. The van der Waals surface area contributed by atoms with Gasteiger partial charge >= 0.3 is 0 Å². The molecule has 0 bridgehead atoms. The Kier molecular flexibility index (Phi) is 4.48. The number of rotatable bonds is 4. The Morgan fingerprint density at radius 3 is 2.36 bits per heavy atom. The van der Waals surface area contributed by atoms with Gasteiger partial charge in [0.15, 0.2) is 0 Å². The lowest BCUT2D eigenvalue weighted by Gasteiger charge is -2.36. The van der Waals surface area contributed by atoms with E-state index in [1.165, 1.54) is 11.3 Å². The first-order valence-corrected chi connectivity index (χ1v) is 8.70. The van der Waals surface area contributed by atoms with Crippen molar-refractivity contribution in [3.05, 3.63) is 66.1 Å². The predicted octanol–water partition coefficient (Wildman–Crippen LogP) is 3.37. The molecule has 128 valence electrons. The van der Waals surface area contributed by atoms with Crippen molar-refractivity contribution in [1.29, 1.82) is 0 Å². The maximum absolute atomic E-state index is 5.83. The van der Waals surface area contributed by atoms with Crippen LogP contribution in [0.3, 0.4) is 0 Å². The van der Waals surface area contributed by atoms with Gasteiger partial charge in [-0.1, -0.05) is 36.4 Å². The molecule has 1 aliphatic rings. The van der Waals surface area contributed by atoms with Gasteiger partial charge in [0.2, 0.25) is 11.8 Å². The van der Waals surface area contributed by atoms with Gasteiger partial charge in [0.1, 0.15) is 0 Å². The van der Waals surface area contributed by atoms with Crippen LogP contribution in [0.4, 0.5) is 5.69 Å². The molecule has 0 atom stereocenters. The van der Waals surface area contributed by atoms with Gasteiger partial charge in [-0.05, 0) is 30.7 Å². The van der Waals surface area contributed by atoms with Crippen molar-refractivity contribution in [2.24, 2.45) is 0 Å². The Labute approximate surface area is 147 Å². The molecule has 25 heavy (non-hydrogen) atoms. The van der Waals surface area contributed by atoms with Gasteiger partial charge in [0.05, 0.1) is 6.54 Å². The van der Waals surface area contributed by atoms with E-state index in [9.17, 15) is 0 Å². The zero-order chi connectivity index (χ0) is 17.1. The Morgan fingerprint density at radius 1 is 0.880 bits per heavy atom. The van der Waals surface area contributed by atoms with Crippen molar-refractivity contribution in [2.45, 2.75) is 13.5 Å². The fourth-order valence-corrected chi connectivity index (χ4v) is 3.27. The van der Waals surface area contributed by atoms with Gasteiger partial charge in [-0.3, -0.25) is 4.90 Å². The normalized spacial score (nSPS) is 15.5. The average molecular weight is 334 g/mol. The second kappa shape index (κ2) is 7.07. The van der Waals surface area contributed by atoms with E-state index in [1.807, 2.05) is 30.3 Å². The Morgan fingerprint density at radius 2 is 1.60 bits per heavy atom. The van der Waals surface area contributed by atoms with Crippen molar-refractivity contribution < 1.29 is 4.42 Å². The summed E-state index contributed by atoms with van der Waals surface area (Å²) >= 11 is 0. The van der Waals surface area contributed by atoms with Crippen molar-refractivity contribution >= 4 is 5.69 Å². The highest BCUT2D eigenvalue weighted by atomic mass is 16.4. The molecule has 3 aromatic rings. The van der Waals surface area contributed by atoms with Crippen LogP contribution in [-0.4, -0.2) is 41.3 Å². The third-order valence-electron chi connectivity index (χ3n) is 4.67. The van der Waals surface area contributed by atoms with Gasteiger partial charge in [-0.25, -0.2) is 0 Å². The minimum absolute atomic E-state index is 0.592. The highest BCUT2D eigenvalue weighted by molar-refractivity contribution is 5.53. The maximum atomic E-state index is 5.83. The van der Waals surface area contributed by atoms with Gasteiger partial charge in [0.25, 0.3) is 0 Å². The van der Waals surface area contributed by atoms with Crippen LogP contribution >= 0.6 is 0 Å². The smallest absolute Gasteiger partial charge is 0.247 e. The van der Waals surface area contributed by atoms with Crippen LogP contribution in [0.25, 0.3) is 11.5 Å². The van der Waals surface area contributed by atoms with E-state index in [-0.39, 0.29) is 0 Å². The quantitative estimate of drug-likeness (QED) is 0.732. The summed E-state index contributed by atoms with van der Waals surface area (Å²) in [6.45, 7) is 6.91. The lowest BCUT2D eigenvalue weighted by molar-refractivity contribution is 0.227. The molecule has 0 unspecified atom stereocenters. The van der Waals surface area contributed by atoms with Crippen molar-refractivity contribution in [3.63, 3.8) is 0 Å². The summed E-state index contributed by atoms with van der Waals surface area (Å²) < 4.78 is 5.83. The molecular formula is C20H22N4O. The van der Waals surface area contributed by atoms with Crippen LogP contribution < -0.4 is 4.90 Å². The number of nitrogens with zero attached hydrogens (tertiary/aromatic N) is 4. The highest BCUT2D eigenvalue weighted by Gasteiger charge is 2.20. The van der Waals surface area contributed by atoms with E-state index < -0.39 is 0 Å². The summed E-state index contributed by atoms with van der Waals surface area (Å²) in [5.41, 5.74) is 3.64. The predicted molar refractivity (Wildman–Crippen MR) is 98.4 cm³/mol. The fourth-order valence-electron chi connectivity index (χ4n) is 3.27. The van der Waals surface area contributed by atoms with Crippen LogP contribution in [0.1, 0.15) is 11.5 Å².